The van der Waals surface area contributed by atoms with Crippen LogP contribution in [0.5, 0.6) is 0 Å². The van der Waals surface area contributed by atoms with E-state index in [0.29, 0.717) is 10.7 Å². The molecule has 6 heteroatoms. The van der Waals surface area contributed by atoms with Crippen LogP contribution in [0.1, 0.15) is 17.6 Å². The van der Waals surface area contributed by atoms with Gasteiger partial charge in [-0.3, -0.25) is 4.79 Å². The van der Waals surface area contributed by atoms with Gasteiger partial charge in [0.1, 0.15) is 22.3 Å². The number of hydrogen-bond donors (Lipinski definition) is 1. The molecule has 0 aliphatic carbocycles. The number of nitrogens with two attached hydrogens (primary N) is 1. The fourth-order valence-corrected chi connectivity index (χ4v) is 1.54. The average Bonchev–Trinajstić information content (AvgIpc) is 2.48. The molecule has 0 radical (unpaired) electrons. The van der Waals surface area contributed by atoms with Gasteiger partial charge < -0.3 is 10.5 Å². The summed E-state index contributed by atoms with van der Waals surface area (Å²) in [7, 11) is 0. The summed E-state index contributed by atoms with van der Waals surface area (Å²) in [5, 5.41) is 2.43. The third kappa shape index (κ3) is 3.08. The number of ether oxygens (including phenoxy) is 1. The lowest BCUT2D eigenvalue weighted by Gasteiger charge is -1.95. The minimum absolute atomic E-state index is 0.183. The topological polar surface area (TPSA) is 65.2 Å². The number of esters is 1. The molecule has 0 amide bonds. The van der Waals surface area contributed by atoms with Crippen molar-refractivity contribution in [3.8, 4) is 0 Å². The molecule has 1 aromatic heterocycles. The van der Waals surface area contributed by atoms with Gasteiger partial charge in [-0.1, -0.05) is 12.2 Å². The maximum absolute atomic E-state index is 10.5. The van der Waals surface area contributed by atoms with Crippen molar-refractivity contribution in [1.82, 2.24) is 4.98 Å². The van der Waals surface area contributed by atoms with E-state index >= 15 is 0 Å². The summed E-state index contributed by atoms with van der Waals surface area (Å²) in [6, 6.07) is 0. The van der Waals surface area contributed by atoms with E-state index in [1.54, 1.807) is 5.38 Å². The Hall–Kier alpha value is -1.01. The van der Waals surface area contributed by atoms with Crippen LogP contribution in [0, 0.1) is 0 Å². The molecule has 1 rings (SSSR count). The number of thiazole rings is 1. The fourth-order valence-electron chi connectivity index (χ4n) is 0.654. The van der Waals surface area contributed by atoms with Crippen LogP contribution in [-0.4, -0.2) is 15.9 Å². The zero-order valence-corrected chi connectivity index (χ0v) is 8.58. The van der Waals surface area contributed by atoms with Gasteiger partial charge >= 0.3 is 5.97 Å². The summed E-state index contributed by atoms with van der Waals surface area (Å²) in [5.74, 6) is -0.327. The third-order valence-electron chi connectivity index (χ3n) is 1.20. The lowest BCUT2D eigenvalue weighted by Crippen LogP contribution is -2.09. The summed E-state index contributed by atoms with van der Waals surface area (Å²) >= 11 is 6.09. The molecule has 0 bridgehead atoms. The summed E-state index contributed by atoms with van der Waals surface area (Å²) in [5.41, 5.74) is 5.92. The van der Waals surface area contributed by atoms with Crippen molar-refractivity contribution in [2.45, 2.75) is 13.5 Å². The quantitative estimate of drug-likeness (QED) is 0.599. The lowest BCUT2D eigenvalue weighted by atomic mass is 10.5. The monoisotopic (exact) mass is 216 g/mol. The van der Waals surface area contributed by atoms with Crippen LogP contribution in [0.25, 0.3) is 0 Å². The first-order valence-electron chi connectivity index (χ1n) is 3.47. The molecule has 0 atom stereocenters. The van der Waals surface area contributed by atoms with E-state index in [4.69, 9.17) is 22.7 Å². The molecule has 1 heterocycles. The van der Waals surface area contributed by atoms with Gasteiger partial charge in [0.15, 0.2) is 0 Å². The molecule has 2 N–H and O–H groups in total. The van der Waals surface area contributed by atoms with Crippen LogP contribution in [0.15, 0.2) is 5.38 Å². The Morgan fingerprint density at radius 1 is 1.85 bits per heavy atom. The average molecular weight is 216 g/mol. The third-order valence-corrected chi connectivity index (χ3v) is 2.23. The summed E-state index contributed by atoms with van der Waals surface area (Å²) in [6.45, 7) is 1.53. The van der Waals surface area contributed by atoms with E-state index in [2.05, 4.69) is 4.98 Å². The van der Waals surface area contributed by atoms with Crippen molar-refractivity contribution in [3.05, 3.63) is 16.1 Å². The molecular formula is C7H8N2O2S2. The Morgan fingerprint density at radius 3 is 3.00 bits per heavy atom. The van der Waals surface area contributed by atoms with Crippen LogP contribution in [0.3, 0.4) is 0 Å². The molecule has 70 valence electrons. The molecule has 0 unspecified atom stereocenters. The van der Waals surface area contributed by atoms with E-state index in [1.807, 2.05) is 0 Å². The van der Waals surface area contributed by atoms with Gasteiger partial charge in [-0.05, 0) is 0 Å². The number of hydrogen-bond acceptors (Lipinski definition) is 5. The highest BCUT2D eigenvalue weighted by Gasteiger charge is 2.04. The van der Waals surface area contributed by atoms with Crippen molar-refractivity contribution >= 4 is 34.5 Å². The zero-order valence-electron chi connectivity index (χ0n) is 6.94. The van der Waals surface area contributed by atoms with Crippen LogP contribution in [0.2, 0.25) is 0 Å². The molecule has 0 spiro atoms. The normalized spacial score (nSPS) is 9.62. The van der Waals surface area contributed by atoms with Gasteiger partial charge in [-0.15, -0.1) is 11.3 Å². The standard InChI is InChI=1S/C7H8N2O2S2/c1-4(10)11-2-6-9-5(3-13-6)7(8)12/h3H,2H2,1H3,(H2,8,12). The van der Waals surface area contributed by atoms with Crippen molar-refractivity contribution < 1.29 is 9.53 Å². The van der Waals surface area contributed by atoms with E-state index < -0.39 is 0 Å². The highest BCUT2D eigenvalue weighted by Crippen LogP contribution is 2.10. The molecule has 0 aliphatic rings. The SMILES string of the molecule is CC(=O)OCc1nc(C(N)=S)cs1. The molecular weight excluding hydrogens is 208 g/mol. The molecule has 0 saturated carbocycles. The maximum Gasteiger partial charge on any atom is 0.303 e. The van der Waals surface area contributed by atoms with Gasteiger partial charge in [0.05, 0.1) is 0 Å². The smallest absolute Gasteiger partial charge is 0.303 e. The first-order chi connectivity index (χ1) is 6.09. The first-order valence-corrected chi connectivity index (χ1v) is 4.76. The van der Waals surface area contributed by atoms with Crippen LogP contribution >= 0.6 is 23.6 Å². The van der Waals surface area contributed by atoms with E-state index in [1.165, 1.54) is 18.3 Å². The largest absolute Gasteiger partial charge is 0.458 e. The molecule has 0 aromatic carbocycles. The van der Waals surface area contributed by atoms with E-state index in [-0.39, 0.29) is 17.6 Å². The zero-order chi connectivity index (χ0) is 9.84. The van der Waals surface area contributed by atoms with Gasteiger partial charge in [-0.2, -0.15) is 0 Å². The second-order valence-corrected chi connectivity index (χ2v) is 3.65. The highest BCUT2D eigenvalue weighted by atomic mass is 32.1. The number of thiocarbonyl (C=S) groups is 1. The highest BCUT2D eigenvalue weighted by molar-refractivity contribution is 7.80. The van der Waals surface area contributed by atoms with Gasteiger partial charge in [0, 0.05) is 12.3 Å². The Kier molecular flexibility index (Phi) is 3.32. The van der Waals surface area contributed by atoms with Gasteiger partial charge in [0.25, 0.3) is 0 Å². The minimum Gasteiger partial charge on any atom is -0.458 e. The summed E-state index contributed by atoms with van der Waals surface area (Å²) in [6.07, 6.45) is 0. The second kappa shape index (κ2) is 4.29. The van der Waals surface area contributed by atoms with Crippen LogP contribution in [0.4, 0.5) is 0 Å². The van der Waals surface area contributed by atoms with Gasteiger partial charge in [-0.25, -0.2) is 4.98 Å². The predicted molar refractivity (Wildman–Crippen MR) is 53.5 cm³/mol. The Bertz CT molecular complexity index is 335. The van der Waals surface area contributed by atoms with Crippen molar-refractivity contribution in [1.29, 1.82) is 0 Å². The molecule has 13 heavy (non-hydrogen) atoms. The molecule has 4 nitrogen and oxygen atoms in total. The van der Waals surface area contributed by atoms with E-state index in [0.717, 1.165) is 0 Å². The van der Waals surface area contributed by atoms with Gasteiger partial charge in [0.2, 0.25) is 0 Å². The number of carbonyl (C=O) groups is 1. The molecule has 0 aliphatic heterocycles. The molecule has 0 saturated heterocycles. The number of rotatable bonds is 3. The number of aromatic nitrogens is 1. The van der Waals surface area contributed by atoms with Crippen molar-refractivity contribution in [2.75, 3.05) is 0 Å². The molecule has 1 aromatic rings. The minimum atomic E-state index is -0.327. The summed E-state index contributed by atoms with van der Waals surface area (Å²) < 4.78 is 4.75. The summed E-state index contributed by atoms with van der Waals surface area (Å²) in [4.78, 5) is 14.8. The Labute approximate surface area is 84.7 Å². The second-order valence-electron chi connectivity index (χ2n) is 2.27. The number of carbonyl (C=O) groups excluding carboxylic acids is 1. The van der Waals surface area contributed by atoms with E-state index in [9.17, 15) is 4.79 Å². The Balaban J connectivity index is 2.59. The van der Waals surface area contributed by atoms with Crippen LogP contribution < -0.4 is 5.73 Å². The lowest BCUT2D eigenvalue weighted by molar-refractivity contribution is -0.142. The molecule has 0 fully saturated rings. The first kappa shape index (κ1) is 10.1. The van der Waals surface area contributed by atoms with Crippen molar-refractivity contribution in [3.63, 3.8) is 0 Å². The maximum atomic E-state index is 10.5. The number of nitrogens with zero attached hydrogens (tertiary/aromatic N) is 1. The Morgan fingerprint density at radius 2 is 2.54 bits per heavy atom. The van der Waals surface area contributed by atoms with Crippen LogP contribution in [-0.2, 0) is 16.1 Å². The predicted octanol–water partition coefficient (Wildman–Crippen LogP) is 0.840. The fraction of sp³-hybridized carbons (Fsp3) is 0.286. The van der Waals surface area contributed by atoms with Crippen molar-refractivity contribution in [2.24, 2.45) is 5.73 Å².